The fourth-order valence-electron chi connectivity index (χ4n) is 3.16. The maximum Gasteiger partial charge on any atom is 0.358 e. The molecule has 0 aliphatic heterocycles. The van der Waals surface area contributed by atoms with E-state index < -0.39 is 5.97 Å². The third-order valence-corrected chi connectivity index (χ3v) is 5.46. The van der Waals surface area contributed by atoms with E-state index in [-0.39, 0.29) is 18.1 Å². The van der Waals surface area contributed by atoms with E-state index >= 15 is 0 Å². The van der Waals surface area contributed by atoms with Crippen LogP contribution in [0.4, 0.5) is 5.13 Å². The summed E-state index contributed by atoms with van der Waals surface area (Å²) >= 11 is 1.33. The molecular weight excluding hydrogens is 386 g/mol. The molecule has 0 aliphatic carbocycles. The van der Waals surface area contributed by atoms with Gasteiger partial charge in [-0.1, -0.05) is 37.3 Å². The van der Waals surface area contributed by atoms with E-state index in [4.69, 9.17) is 4.74 Å². The van der Waals surface area contributed by atoms with E-state index in [0.717, 1.165) is 29.9 Å². The van der Waals surface area contributed by atoms with Crippen molar-refractivity contribution < 1.29 is 14.3 Å². The summed E-state index contributed by atoms with van der Waals surface area (Å²) in [6.45, 7) is 7.18. The quantitative estimate of drug-likeness (QED) is 0.411. The summed E-state index contributed by atoms with van der Waals surface area (Å²) in [5.74, 6) is -0.795. The minimum Gasteiger partial charge on any atom is -0.453 e. The molecule has 1 N–H and O–H groups in total. The fourth-order valence-corrected chi connectivity index (χ4v) is 3.83. The molecular formula is C22H25N3O3S. The van der Waals surface area contributed by atoms with Crippen molar-refractivity contribution in [1.29, 1.82) is 0 Å². The Hall–Kier alpha value is -2.93. The number of nitrogens with one attached hydrogen (secondary N) is 1. The van der Waals surface area contributed by atoms with Crippen LogP contribution >= 0.6 is 11.3 Å². The first-order chi connectivity index (χ1) is 14.0. The van der Waals surface area contributed by atoms with Gasteiger partial charge < -0.3 is 14.6 Å². The number of aryl methyl sites for hydroxylation is 1. The maximum absolute atomic E-state index is 12.5. The number of thiazole rings is 1. The Labute approximate surface area is 174 Å². The van der Waals surface area contributed by atoms with Gasteiger partial charge in [-0.15, -0.1) is 11.3 Å². The van der Waals surface area contributed by atoms with Crippen molar-refractivity contribution in [3.8, 4) is 0 Å². The average molecular weight is 412 g/mol. The predicted molar refractivity (Wildman–Crippen MR) is 115 cm³/mol. The molecule has 0 spiro atoms. The molecule has 0 aliphatic rings. The first kappa shape index (κ1) is 20.8. The molecule has 3 rings (SSSR count). The van der Waals surface area contributed by atoms with Gasteiger partial charge >= 0.3 is 5.97 Å². The van der Waals surface area contributed by atoms with Crippen LogP contribution in [0.1, 0.15) is 51.1 Å². The molecule has 0 bridgehead atoms. The minimum atomic E-state index is -0.593. The first-order valence-corrected chi connectivity index (χ1v) is 10.5. The lowest BCUT2D eigenvalue weighted by atomic mass is 10.1. The summed E-state index contributed by atoms with van der Waals surface area (Å²) < 4.78 is 7.31. The van der Waals surface area contributed by atoms with E-state index in [1.807, 2.05) is 50.2 Å². The van der Waals surface area contributed by atoms with Gasteiger partial charge in [-0.05, 0) is 31.9 Å². The number of hydrogen-bond donors (Lipinski definition) is 1. The van der Waals surface area contributed by atoms with Crippen LogP contribution in [0.2, 0.25) is 0 Å². The Kier molecular flexibility index (Phi) is 6.82. The zero-order chi connectivity index (χ0) is 20.8. The van der Waals surface area contributed by atoms with E-state index in [0.29, 0.717) is 17.2 Å². The van der Waals surface area contributed by atoms with Crippen LogP contribution in [0, 0.1) is 13.8 Å². The number of ketones is 1. The molecule has 2 aromatic heterocycles. The van der Waals surface area contributed by atoms with Gasteiger partial charge in [0.2, 0.25) is 5.78 Å². The van der Waals surface area contributed by atoms with Gasteiger partial charge in [-0.2, -0.15) is 0 Å². The number of carbonyl (C=O) groups is 2. The molecule has 152 valence electrons. The van der Waals surface area contributed by atoms with Crippen molar-refractivity contribution in [2.75, 3.05) is 11.9 Å². The number of aromatic nitrogens is 2. The topological polar surface area (TPSA) is 73.2 Å². The number of esters is 1. The van der Waals surface area contributed by atoms with E-state index in [9.17, 15) is 9.59 Å². The highest BCUT2D eigenvalue weighted by atomic mass is 32.1. The number of ether oxygens (including phenoxy) is 1. The van der Waals surface area contributed by atoms with Gasteiger partial charge in [0, 0.05) is 35.4 Å². The summed E-state index contributed by atoms with van der Waals surface area (Å²) in [5, 5.41) is 5.45. The van der Waals surface area contributed by atoms with Gasteiger partial charge in [0.25, 0.3) is 0 Å². The average Bonchev–Trinajstić information content (AvgIpc) is 3.31. The van der Waals surface area contributed by atoms with Crippen molar-refractivity contribution in [1.82, 2.24) is 9.55 Å². The Morgan fingerprint density at radius 1 is 1.21 bits per heavy atom. The second-order valence-corrected chi connectivity index (χ2v) is 7.67. The highest BCUT2D eigenvalue weighted by Gasteiger charge is 2.19. The molecule has 3 aromatic rings. The summed E-state index contributed by atoms with van der Waals surface area (Å²) in [5.41, 5.74) is 3.87. The fraction of sp³-hybridized carbons (Fsp3) is 0.318. The molecule has 0 saturated heterocycles. The van der Waals surface area contributed by atoms with Gasteiger partial charge in [0.05, 0.1) is 0 Å². The van der Waals surface area contributed by atoms with Crippen molar-refractivity contribution >= 4 is 28.2 Å². The predicted octanol–water partition coefficient (Wildman–Crippen LogP) is 4.62. The van der Waals surface area contributed by atoms with Crippen LogP contribution in [0.5, 0.6) is 0 Å². The first-order valence-electron chi connectivity index (χ1n) is 9.60. The number of carbonyl (C=O) groups excluding carboxylic acids is 2. The van der Waals surface area contributed by atoms with Crippen LogP contribution in [-0.2, 0) is 17.8 Å². The largest absolute Gasteiger partial charge is 0.453 e. The lowest BCUT2D eigenvalue weighted by Crippen LogP contribution is -2.15. The third kappa shape index (κ3) is 5.12. The lowest BCUT2D eigenvalue weighted by Gasteiger charge is -2.07. The maximum atomic E-state index is 12.5. The van der Waals surface area contributed by atoms with Gasteiger partial charge in [-0.25, -0.2) is 9.78 Å². The second-order valence-electron chi connectivity index (χ2n) is 6.81. The summed E-state index contributed by atoms with van der Waals surface area (Å²) in [7, 11) is 0. The van der Waals surface area contributed by atoms with E-state index in [2.05, 4.69) is 21.8 Å². The van der Waals surface area contributed by atoms with Gasteiger partial charge in [-0.3, -0.25) is 4.79 Å². The smallest absolute Gasteiger partial charge is 0.358 e. The summed E-state index contributed by atoms with van der Waals surface area (Å²) in [6, 6.07) is 11.8. The van der Waals surface area contributed by atoms with Crippen molar-refractivity contribution in [3.05, 3.63) is 70.0 Å². The molecule has 6 nitrogen and oxygen atoms in total. The highest BCUT2D eigenvalue weighted by Crippen LogP contribution is 2.19. The summed E-state index contributed by atoms with van der Waals surface area (Å²) in [6.07, 6.45) is 0.990. The van der Waals surface area contributed by atoms with Gasteiger partial charge in [0.1, 0.15) is 0 Å². The number of rotatable bonds is 9. The highest BCUT2D eigenvalue weighted by molar-refractivity contribution is 7.13. The van der Waals surface area contributed by atoms with Gasteiger partial charge in [0.15, 0.2) is 17.4 Å². The molecule has 1 aromatic carbocycles. The number of Topliss-reactive ketones (excluding diaryl/α,β-unsaturated/α-hetero) is 1. The lowest BCUT2D eigenvalue weighted by molar-refractivity contribution is 0.0469. The number of nitrogens with zero attached hydrogens (tertiary/aromatic N) is 2. The van der Waals surface area contributed by atoms with E-state index in [1.165, 1.54) is 11.3 Å². The Balaban J connectivity index is 1.55. The molecule has 7 heteroatoms. The molecule has 0 atom stereocenters. The SMILES string of the molecule is CCCn1c(C)cc(C(=O)COC(=O)c2csc(NCc3ccccc3)n2)c1C. The normalized spacial score (nSPS) is 10.7. The van der Waals surface area contributed by atoms with E-state index in [1.54, 1.807) is 5.38 Å². The van der Waals surface area contributed by atoms with Crippen LogP contribution in [0.25, 0.3) is 0 Å². The second kappa shape index (κ2) is 9.52. The Morgan fingerprint density at radius 3 is 2.69 bits per heavy atom. The molecule has 0 saturated carbocycles. The van der Waals surface area contributed by atoms with Crippen LogP contribution in [0.3, 0.4) is 0 Å². The zero-order valence-corrected chi connectivity index (χ0v) is 17.7. The number of benzene rings is 1. The van der Waals surface area contributed by atoms with Crippen LogP contribution < -0.4 is 5.32 Å². The molecule has 2 heterocycles. The standard InChI is InChI=1S/C22H25N3O3S/c1-4-10-25-15(2)11-18(16(25)3)20(26)13-28-21(27)19-14-29-22(24-19)23-12-17-8-6-5-7-9-17/h5-9,11,14H,4,10,12-13H2,1-3H3,(H,23,24). The third-order valence-electron chi connectivity index (χ3n) is 4.66. The molecule has 0 unspecified atom stereocenters. The molecule has 0 radical (unpaired) electrons. The minimum absolute atomic E-state index is 0.202. The monoisotopic (exact) mass is 411 g/mol. The van der Waals surface area contributed by atoms with Crippen molar-refractivity contribution in [2.45, 2.75) is 40.3 Å². The van der Waals surface area contributed by atoms with Crippen molar-refractivity contribution in [2.24, 2.45) is 0 Å². The number of hydrogen-bond acceptors (Lipinski definition) is 6. The van der Waals surface area contributed by atoms with Crippen LogP contribution in [-0.4, -0.2) is 27.9 Å². The Bertz CT molecular complexity index is 992. The molecule has 0 fully saturated rings. The molecule has 29 heavy (non-hydrogen) atoms. The summed E-state index contributed by atoms with van der Waals surface area (Å²) in [4.78, 5) is 29.0. The Morgan fingerprint density at radius 2 is 1.97 bits per heavy atom. The van der Waals surface area contributed by atoms with Crippen LogP contribution in [0.15, 0.2) is 41.8 Å². The molecule has 0 amide bonds. The number of anilines is 1. The zero-order valence-electron chi connectivity index (χ0n) is 16.9. The van der Waals surface area contributed by atoms with Crippen molar-refractivity contribution in [3.63, 3.8) is 0 Å².